The Morgan fingerprint density at radius 2 is 2.12 bits per heavy atom. The van der Waals surface area contributed by atoms with Crippen LogP contribution in [0, 0.1) is 5.92 Å². The molecule has 0 aliphatic carbocycles. The van der Waals surface area contributed by atoms with Crippen molar-refractivity contribution in [3.8, 4) is 0 Å². The Morgan fingerprint density at radius 3 is 2.75 bits per heavy atom. The van der Waals surface area contributed by atoms with Gasteiger partial charge in [0, 0.05) is 28.8 Å². The number of hydrogen-bond donors (Lipinski definition) is 2. The second-order valence-electron chi connectivity index (χ2n) is 4.34. The summed E-state index contributed by atoms with van der Waals surface area (Å²) in [6.45, 7) is 4.23. The Morgan fingerprint density at radius 1 is 1.38 bits per heavy atom. The Kier molecular flexibility index (Phi) is 2.98. The van der Waals surface area contributed by atoms with Crippen molar-refractivity contribution in [2.45, 2.75) is 20.3 Å². The first kappa shape index (κ1) is 11.2. The van der Waals surface area contributed by atoms with Crippen LogP contribution in [0.5, 0.6) is 0 Å². The minimum absolute atomic E-state index is 0.369. The summed E-state index contributed by atoms with van der Waals surface area (Å²) >= 11 is 0. The van der Waals surface area contributed by atoms with E-state index in [1.165, 1.54) is 6.26 Å². The van der Waals surface area contributed by atoms with Crippen LogP contribution in [0.3, 0.4) is 0 Å². The van der Waals surface area contributed by atoms with Gasteiger partial charge in [-0.3, -0.25) is 4.98 Å². The number of furan rings is 1. The molecular formula is C11H14BNO3. The van der Waals surface area contributed by atoms with Crippen LogP contribution in [0.2, 0.25) is 0 Å². The lowest BCUT2D eigenvalue weighted by Gasteiger charge is -2.04. The summed E-state index contributed by atoms with van der Waals surface area (Å²) in [5, 5.41) is 19.0. The Balaban J connectivity index is 2.53. The average Bonchev–Trinajstić information content (AvgIpc) is 2.61. The summed E-state index contributed by atoms with van der Waals surface area (Å²) in [6, 6.07) is 0. The fourth-order valence-electron chi connectivity index (χ4n) is 1.81. The fraction of sp³-hybridized carbons (Fsp3) is 0.364. The molecule has 0 aromatic carbocycles. The standard InChI is InChI=1S/C11H14BNO3/c1-7(2)3-8-4-13-5-9-10(12(14)15)6-16-11(8)9/h4-7,14-15H,3H2,1-2H3. The van der Waals surface area contributed by atoms with Crippen LogP contribution in [-0.4, -0.2) is 22.2 Å². The molecule has 2 heterocycles. The summed E-state index contributed by atoms with van der Waals surface area (Å²) in [6.07, 6.45) is 5.59. The van der Waals surface area contributed by atoms with E-state index in [2.05, 4.69) is 18.8 Å². The summed E-state index contributed by atoms with van der Waals surface area (Å²) in [7, 11) is -1.52. The minimum Gasteiger partial charge on any atom is -0.464 e. The van der Waals surface area contributed by atoms with Gasteiger partial charge in [-0.1, -0.05) is 13.8 Å². The number of hydrogen-bond acceptors (Lipinski definition) is 4. The maximum Gasteiger partial charge on any atom is 0.492 e. The molecule has 2 aromatic heterocycles. The highest BCUT2D eigenvalue weighted by Crippen LogP contribution is 2.20. The predicted molar refractivity (Wildman–Crippen MR) is 62.4 cm³/mol. The maximum absolute atomic E-state index is 9.15. The van der Waals surface area contributed by atoms with Crippen molar-refractivity contribution in [1.82, 2.24) is 4.98 Å². The number of rotatable bonds is 3. The van der Waals surface area contributed by atoms with Crippen LogP contribution >= 0.6 is 0 Å². The monoisotopic (exact) mass is 219 g/mol. The highest BCUT2D eigenvalue weighted by molar-refractivity contribution is 6.61. The molecule has 0 amide bonds. The largest absolute Gasteiger partial charge is 0.492 e. The van der Waals surface area contributed by atoms with Gasteiger partial charge in [0.15, 0.2) is 0 Å². The van der Waals surface area contributed by atoms with E-state index in [0.717, 1.165) is 12.0 Å². The van der Waals surface area contributed by atoms with E-state index < -0.39 is 7.12 Å². The maximum atomic E-state index is 9.15. The van der Waals surface area contributed by atoms with Crippen molar-refractivity contribution in [3.05, 3.63) is 24.2 Å². The number of nitrogens with zero attached hydrogens (tertiary/aromatic N) is 1. The molecule has 0 fully saturated rings. The third-order valence-corrected chi connectivity index (χ3v) is 2.49. The molecule has 4 nitrogen and oxygen atoms in total. The molecule has 0 aliphatic heterocycles. The molecule has 84 valence electrons. The van der Waals surface area contributed by atoms with E-state index >= 15 is 0 Å². The third kappa shape index (κ3) is 1.96. The first-order valence-electron chi connectivity index (χ1n) is 5.29. The van der Waals surface area contributed by atoms with Gasteiger partial charge >= 0.3 is 7.12 Å². The summed E-state index contributed by atoms with van der Waals surface area (Å²) in [5.74, 6) is 0.500. The molecule has 0 radical (unpaired) electrons. The van der Waals surface area contributed by atoms with Crippen LogP contribution in [0.1, 0.15) is 19.4 Å². The minimum atomic E-state index is -1.52. The van der Waals surface area contributed by atoms with Gasteiger partial charge in [0.2, 0.25) is 0 Å². The molecule has 2 N–H and O–H groups in total. The van der Waals surface area contributed by atoms with Gasteiger partial charge in [0.25, 0.3) is 0 Å². The van der Waals surface area contributed by atoms with Crippen molar-refractivity contribution in [1.29, 1.82) is 0 Å². The molecular weight excluding hydrogens is 205 g/mol. The van der Waals surface area contributed by atoms with Crippen molar-refractivity contribution in [3.63, 3.8) is 0 Å². The molecule has 2 rings (SSSR count). The first-order valence-corrected chi connectivity index (χ1v) is 5.29. The lowest BCUT2D eigenvalue weighted by atomic mass is 9.80. The van der Waals surface area contributed by atoms with Crippen molar-refractivity contribution < 1.29 is 14.5 Å². The SMILES string of the molecule is CC(C)Cc1cncc2c(B(O)O)coc12. The van der Waals surface area contributed by atoms with E-state index in [4.69, 9.17) is 14.5 Å². The van der Waals surface area contributed by atoms with E-state index in [9.17, 15) is 0 Å². The Labute approximate surface area is 94.1 Å². The number of fused-ring (bicyclic) bond motifs is 1. The molecule has 0 aliphatic rings. The summed E-state index contributed by atoms with van der Waals surface area (Å²) in [5.41, 5.74) is 2.07. The zero-order valence-corrected chi connectivity index (χ0v) is 9.34. The smallest absolute Gasteiger partial charge is 0.464 e. The fourth-order valence-corrected chi connectivity index (χ4v) is 1.81. The molecule has 0 unspecified atom stereocenters. The normalized spacial score (nSPS) is 11.3. The van der Waals surface area contributed by atoms with E-state index in [1.807, 2.05) is 0 Å². The zero-order chi connectivity index (χ0) is 11.7. The molecule has 0 saturated heterocycles. The lowest BCUT2D eigenvalue weighted by Crippen LogP contribution is -2.28. The Bertz CT molecular complexity index is 493. The molecule has 2 aromatic rings. The summed E-state index contributed by atoms with van der Waals surface area (Å²) in [4.78, 5) is 4.10. The number of pyridine rings is 1. The second-order valence-corrected chi connectivity index (χ2v) is 4.34. The molecule has 0 saturated carbocycles. The quantitative estimate of drug-likeness (QED) is 0.746. The van der Waals surface area contributed by atoms with Crippen LogP contribution < -0.4 is 5.46 Å². The second kappa shape index (κ2) is 4.27. The first-order chi connectivity index (χ1) is 7.59. The molecule has 16 heavy (non-hydrogen) atoms. The van der Waals surface area contributed by atoms with E-state index in [0.29, 0.717) is 22.3 Å². The van der Waals surface area contributed by atoms with Gasteiger partial charge in [0.1, 0.15) is 5.58 Å². The van der Waals surface area contributed by atoms with Crippen molar-refractivity contribution in [2.24, 2.45) is 5.92 Å². The van der Waals surface area contributed by atoms with Crippen LogP contribution in [0.15, 0.2) is 23.1 Å². The van der Waals surface area contributed by atoms with Gasteiger partial charge in [-0.25, -0.2) is 0 Å². The van der Waals surface area contributed by atoms with Crippen molar-refractivity contribution in [2.75, 3.05) is 0 Å². The van der Waals surface area contributed by atoms with Gasteiger partial charge in [-0.15, -0.1) is 0 Å². The number of aromatic nitrogens is 1. The van der Waals surface area contributed by atoms with Crippen LogP contribution in [0.4, 0.5) is 0 Å². The summed E-state index contributed by atoms with van der Waals surface area (Å²) < 4.78 is 5.38. The highest BCUT2D eigenvalue weighted by Gasteiger charge is 2.19. The van der Waals surface area contributed by atoms with Crippen LogP contribution in [-0.2, 0) is 6.42 Å². The topological polar surface area (TPSA) is 66.5 Å². The van der Waals surface area contributed by atoms with Crippen LogP contribution in [0.25, 0.3) is 11.0 Å². The zero-order valence-electron chi connectivity index (χ0n) is 9.34. The van der Waals surface area contributed by atoms with E-state index in [-0.39, 0.29) is 0 Å². The third-order valence-electron chi connectivity index (χ3n) is 2.49. The van der Waals surface area contributed by atoms with E-state index in [1.54, 1.807) is 12.4 Å². The molecule has 5 heteroatoms. The van der Waals surface area contributed by atoms with Gasteiger partial charge in [0.05, 0.1) is 6.26 Å². The predicted octanol–water partition coefficient (Wildman–Crippen LogP) is 0.706. The average molecular weight is 219 g/mol. The molecule has 0 spiro atoms. The van der Waals surface area contributed by atoms with Gasteiger partial charge < -0.3 is 14.5 Å². The van der Waals surface area contributed by atoms with Crippen molar-refractivity contribution >= 4 is 23.6 Å². The highest BCUT2D eigenvalue weighted by atomic mass is 16.4. The lowest BCUT2D eigenvalue weighted by molar-refractivity contribution is 0.425. The van der Waals surface area contributed by atoms with Gasteiger partial charge in [-0.05, 0) is 12.3 Å². The molecule has 0 atom stereocenters. The molecule has 0 bridgehead atoms. The Hall–Kier alpha value is -1.33. The van der Waals surface area contributed by atoms with Gasteiger partial charge in [-0.2, -0.15) is 0 Å².